The second-order valence-electron chi connectivity index (χ2n) is 5.23. The van der Waals surface area contributed by atoms with E-state index in [1.165, 1.54) is 20.8 Å². The number of benzene rings is 1. The summed E-state index contributed by atoms with van der Waals surface area (Å²) in [5, 5.41) is 5.22. The summed E-state index contributed by atoms with van der Waals surface area (Å²) in [5.41, 5.74) is 0.461. The van der Waals surface area contributed by atoms with Crippen LogP contribution < -0.4 is 10.6 Å². The van der Waals surface area contributed by atoms with Crippen molar-refractivity contribution in [3.63, 3.8) is 0 Å². The average molecular weight is 714 g/mol. The summed E-state index contributed by atoms with van der Waals surface area (Å²) < 4.78 is 11.9. The number of esters is 2. The van der Waals surface area contributed by atoms with Crippen molar-refractivity contribution < 1.29 is 28.7 Å². The van der Waals surface area contributed by atoms with Crippen LogP contribution in [0.4, 0.5) is 11.4 Å². The van der Waals surface area contributed by atoms with E-state index in [0.717, 1.165) is 0 Å². The van der Waals surface area contributed by atoms with Crippen molar-refractivity contribution in [2.75, 3.05) is 17.2 Å². The molecule has 0 aromatic heterocycles. The predicted molar refractivity (Wildman–Crippen MR) is 125 cm³/mol. The fourth-order valence-corrected chi connectivity index (χ4v) is 4.46. The lowest BCUT2D eigenvalue weighted by Crippen LogP contribution is -2.28. The molecule has 1 unspecified atom stereocenters. The van der Waals surface area contributed by atoms with Crippen molar-refractivity contribution in [2.45, 2.75) is 33.8 Å². The van der Waals surface area contributed by atoms with Gasteiger partial charge in [0.2, 0.25) is 11.8 Å². The first-order valence-corrected chi connectivity index (χ1v) is 10.9. The van der Waals surface area contributed by atoms with Gasteiger partial charge in [0, 0.05) is 21.0 Å². The first kappa shape index (κ1) is 24.3. The van der Waals surface area contributed by atoms with Gasteiger partial charge in [0.25, 0.3) is 0 Å². The Morgan fingerprint density at radius 2 is 1.44 bits per heavy atom. The number of ether oxygens (including phenoxy) is 2. The molecule has 0 aliphatic rings. The van der Waals surface area contributed by atoms with Crippen molar-refractivity contribution in [3.05, 3.63) is 16.3 Å². The summed E-state index contributed by atoms with van der Waals surface area (Å²) in [6.45, 7) is 5.80. The molecule has 1 rings (SSSR count). The molecule has 1 aromatic rings. The standard InChI is InChI=1S/C16H17I3N2O6/c1-5-26-15(24)6(2)27-16(25)9-10(17)11(18)12(19)14(21-8(4)23)13(9)20-7(3)22/h6H,5H2,1-4H3,(H,20,22)(H,21,23). The number of carbonyl (C=O) groups is 4. The minimum absolute atomic E-state index is 0.0514. The van der Waals surface area contributed by atoms with Crippen LogP contribution in [0.1, 0.15) is 38.1 Å². The molecule has 0 aliphatic carbocycles. The molecule has 0 fully saturated rings. The van der Waals surface area contributed by atoms with E-state index in [1.807, 2.05) is 67.8 Å². The van der Waals surface area contributed by atoms with Gasteiger partial charge in [-0.2, -0.15) is 0 Å². The number of nitrogens with one attached hydrogen (secondary N) is 2. The van der Waals surface area contributed by atoms with Crippen molar-refractivity contribution >= 4 is 103 Å². The molecule has 148 valence electrons. The third-order valence-corrected chi connectivity index (χ3v) is 8.33. The van der Waals surface area contributed by atoms with Gasteiger partial charge in [0.15, 0.2) is 6.10 Å². The van der Waals surface area contributed by atoms with Crippen molar-refractivity contribution in [1.82, 2.24) is 0 Å². The van der Waals surface area contributed by atoms with Crippen LogP contribution in [-0.4, -0.2) is 36.5 Å². The van der Waals surface area contributed by atoms with Crippen molar-refractivity contribution in [2.24, 2.45) is 0 Å². The van der Waals surface area contributed by atoms with Crippen LogP contribution in [0.3, 0.4) is 0 Å². The van der Waals surface area contributed by atoms with Gasteiger partial charge < -0.3 is 20.1 Å². The molecule has 1 aromatic carbocycles. The summed E-state index contributed by atoms with van der Waals surface area (Å²) in [4.78, 5) is 47.8. The molecule has 1 atom stereocenters. The van der Waals surface area contributed by atoms with E-state index in [0.29, 0.717) is 16.4 Å². The largest absolute Gasteiger partial charge is 0.463 e. The van der Waals surface area contributed by atoms with Gasteiger partial charge in [-0.25, -0.2) is 9.59 Å². The Balaban J connectivity index is 3.52. The maximum Gasteiger partial charge on any atom is 0.347 e. The number of anilines is 2. The summed E-state index contributed by atoms with van der Waals surface area (Å²) in [6.07, 6.45) is -1.13. The molecule has 2 amide bonds. The smallest absolute Gasteiger partial charge is 0.347 e. The molecule has 0 radical (unpaired) electrons. The highest BCUT2D eigenvalue weighted by Crippen LogP contribution is 2.39. The van der Waals surface area contributed by atoms with Gasteiger partial charge >= 0.3 is 11.9 Å². The SMILES string of the molecule is CCOC(=O)C(C)OC(=O)c1c(I)c(I)c(I)c(NC(C)=O)c1NC(C)=O. The van der Waals surface area contributed by atoms with E-state index in [2.05, 4.69) is 10.6 Å². The monoisotopic (exact) mass is 714 g/mol. The quantitative estimate of drug-likeness (QED) is 0.266. The van der Waals surface area contributed by atoms with Gasteiger partial charge in [-0.05, 0) is 81.6 Å². The lowest BCUT2D eigenvalue weighted by atomic mass is 10.1. The van der Waals surface area contributed by atoms with Crippen LogP contribution in [0.5, 0.6) is 0 Å². The minimum atomic E-state index is -1.13. The highest BCUT2D eigenvalue weighted by molar-refractivity contribution is 14.1. The van der Waals surface area contributed by atoms with Gasteiger partial charge in [0.05, 0.1) is 27.1 Å². The van der Waals surface area contributed by atoms with Gasteiger partial charge in [0.1, 0.15) is 0 Å². The number of amides is 2. The molecule has 0 heterocycles. The molecule has 8 nitrogen and oxygen atoms in total. The zero-order valence-corrected chi connectivity index (χ0v) is 21.3. The molecule has 2 N–H and O–H groups in total. The molecule has 11 heteroatoms. The Hall–Kier alpha value is -0.710. The van der Waals surface area contributed by atoms with Gasteiger partial charge in [-0.3, -0.25) is 9.59 Å². The van der Waals surface area contributed by atoms with E-state index in [9.17, 15) is 19.2 Å². The number of hydrogen-bond acceptors (Lipinski definition) is 6. The Morgan fingerprint density at radius 3 is 1.93 bits per heavy atom. The first-order chi connectivity index (χ1) is 12.5. The summed E-state index contributed by atoms with van der Waals surface area (Å²) in [6, 6.07) is 0. The van der Waals surface area contributed by atoms with Crippen LogP contribution in [0.15, 0.2) is 0 Å². The topological polar surface area (TPSA) is 111 Å². The zero-order chi connectivity index (χ0) is 20.9. The number of halogens is 3. The maximum absolute atomic E-state index is 12.8. The fourth-order valence-electron chi connectivity index (χ4n) is 1.97. The second kappa shape index (κ2) is 10.7. The van der Waals surface area contributed by atoms with E-state index < -0.39 is 23.9 Å². The van der Waals surface area contributed by atoms with Crippen molar-refractivity contribution in [1.29, 1.82) is 0 Å². The Morgan fingerprint density at radius 1 is 0.926 bits per heavy atom. The molecule has 0 aliphatic heterocycles. The van der Waals surface area contributed by atoms with Crippen LogP contribution in [0.2, 0.25) is 0 Å². The van der Waals surface area contributed by atoms with Crippen molar-refractivity contribution in [3.8, 4) is 0 Å². The molecular weight excluding hydrogens is 697 g/mol. The normalized spacial score (nSPS) is 11.4. The predicted octanol–water partition coefficient (Wildman–Crippen LogP) is 3.53. The van der Waals surface area contributed by atoms with Crippen LogP contribution in [0, 0.1) is 10.7 Å². The molecular formula is C16H17I3N2O6. The Labute approximate surface area is 197 Å². The van der Waals surface area contributed by atoms with E-state index in [4.69, 9.17) is 9.47 Å². The van der Waals surface area contributed by atoms with Crippen LogP contribution >= 0.6 is 67.8 Å². The zero-order valence-electron chi connectivity index (χ0n) is 14.9. The maximum atomic E-state index is 12.8. The fraction of sp³-hybridized carbons (Fsp3) is 0.375. The summed E-state index contributed by atoms with van der Waals surface area (Å²) in [5.74, 6) is -2.29. The minimum Gasteiger partial charge on any atom is -0.463 e. The number of carbonyl (C=O) groups excluding carboxylic acids is 4. The third kappa shape index (κ3) is 6.40. The average Bonchev–Trinajstić information content (AvgIpc) is 2.56. The summed E-state index contributed by atoms with van der Waals surface area (Å²) in [7, 11) is 0. The van der Waals surface area contributed by atoms with E-state index >= 15 is 0 Å². The molecule has 27 heavy (non-hydrogen) atoms. The first-order valence-electron chi connectivity index (χ1n) is 7.64. The molecule has 0 spiro atoms. The highest BCUT2D eigenvalue weighted by atomic mass is 127. The molecule has 0 bridgehead atoms. The van der Waals surface area contributed by atoms with Gasteiger partial charge in [-0.15, -0.1) is 0 Å². The number of rotatable bonds is 6. The third-order valence-electron chi connectivity index (χ3n) is 3.03. The van der Waals surface area contributed by atoms with Crippen LogP contribution in [0.25, 0.3) is 0 Å². The van der Waals surface area contributed by atoms with E-state index in [1.54, 1.807) is 6.92 Å². The Kier molecular flexibility index (Phi) is 9.67. The second-order valence-corrected chi connectivity index (χ2v) is 8.47. The van der Waals surface area contributed by atoms with Gasteiger partial charge in [-0.1, -0.05) is 0 Å². The number of hydrogen-bond donors (Lipinski definition) is 2. The van der Waals surface area contributed by atoms with E-state index in [-0.39, 0.29) is 23.8 Å². The lowest BCUT2D eigenvalue weighted by molar-refractivity contribution is -0.152. The molecule has 0 saturated heterocycles. The van der Waals surface area contributed by atoms with Crippen LogP contribution in [-0.2, 0) is 23.9 Å². The highest BCUT2D eigenvalue weighted by Gasteiger charge is 2.29. The Bertz CT molecular complexity index is 797. The lowest BCUT2D eigenvalue weighted by Gasteiger charge is -2.20. The molecule has 0 saturated carbocycles. The summed E-state index contributed by atoms with van der Waals surface area (Å²) >= 11 is 6.01.